The summed E-state index contributed by atoms with van der Waals surface area (Å²) >= 11 is 0. The van der Waals surface area contributed by atoms with Gasteiger partial charge in [0.25, 0.3) is 0 Å². The average molecular weight is 422 g/mol. The number of fused-ring (bicyclic) bond motifs is 1. The lowest BCUT2D eigenvalue weighted by Crippen LogP contribution is -2.59. The van der Waals surface area contributed by atoms with E-state index in [9.17, 15) is 4.79 Å². The lowest BCUT2D eigenvalue weighted by atomic mass is 9.53. The molecule has 0 amide bonds. The van der Waals surface area contributed by atoms with Gasteiger partial charge in [0, 0.05) is 17.9 Å². The number of hydrogen-bond acceptors (Lipinski definition) is 5. The quantitative estimate of drug-likeness (QED) is 0.538. The zero-order valence-corrected chi connectivity index (χ0v) is 18.0. The second-order valence-corrected chi connectivity index (χ2v) is 9.08. The lowest BCUT2D eigenvalue weighted by Gasteiger charge is -2.56. The predicted octanol–water partition coefficient (Wildman–Crippen LogP) is 4.76. The van der Waals surface area contributed by atoms with Crippen LogP contribution in [0.3, 0.4) is 0 Å². The van der Waals surface area contributed by atoms with Gasteiger partial charge >= 0.3 is 6.16 Å². The molecule has 2 aliphatic carbocycles. The third-order valence-electron chi connectivity index (χ3n) is 7.47. The normalized spacial score (nSPS) is 26.3. The van der Waals surface area contributed by atoms with E-state index in [1.807, 2.05) is 36.4 Å². The molecule has 1 N–H and O–H groups in total. The van der Waals surface area contributed by atoms with E-state index in [0.29, 0.717) is 24.5 Å². The maximum absolute atomic E-state index is 11.9. The molecule has 3 aliphatic rings. The molecule has 1 aliphatic heterocycles. The highest BCUT2D eigenvalue weighted by Gasteiger charge is 2.51. The Morgan fingerprint density at radius 2 is 1.97 bits per heavy atom. The van der Waals surface area contributed by atoms with Crippen LogP contribution in [0.25, 0.3) is 0 Å². The van der Waals surface area contributed by atoms with Gasteiger partial charge in [-0.05, 0) is 67.0 Å². The maximum atomic E-state index is 11.9. The summed E-state index contributed by atoms with van der Waals surface area (Å²) in [4.78, 5) is 11.9. The topological polar surface area (TPSA) is 56.8 Å². The number of carbonyl (C=O) groups is 1. The number of hydrogen-bond donors (Lipinski definition) is 1. The first kappa shape index (κ1) is 20.4. The highest BCUT2D eigenvalue weighted by molar-refractivity contribution is 5.59. The Balaban J connectivity index is 1.17. The van der Waals surface area contributed by atoms with E-state index in [0.717, 1.165) is 30.2 Å². The Labute approximate surface area is 184 Å². The molecule has 1 saturated carbocycles. The molecule has 1 saturated heterocycles. The van der Waals surface area contributed by atoms with Crippen LogP contribution >= 0.6 is 0 Å². The van der Waals surface area contributed by atoms with Crippen molar-refractivity contribution < 1.29 is 19.0 Å². The van der Waals surface area contributed by atoms with Crippen LogP contribution in [0.4, 0.5) is 4.79 Å². The Bertz CT molecular complexity index is 911. The first-order valence-corrected chi connectivity index (χ1v) is 11.6. The molecule has 5 rings (SSSR count). The minimum atomic E-state index is -0.693. The van der Waals surface area contributed by atoms with Crippen LogP contribution in [0, 0.1) is 5.92 Å². The van der Waals surface area contributed by atoms with Gasteiger partial charge in [0.05, 0.1) is 6.61 Å². The van der Waals surface area contributed by atoms with Crippen molar-refractivity contribution in [2.24, 2.45) is 5.92 Å². The molecule has 2 fully saturated rings. The molecular weight excluding hydrogens is 390 g/mol. The molecule has 0 spiro atoms. The average Bonchev–Trinajstić information content (AvgIpc) is 2.80. The molecule has 2 aromatic rings. The Morgan fingerprint density at radius 1 is 1.06 bits per heavy atom. The van der Waals surface area contributed by atoms with E-state index < -0.39 is 6.16 Å². The summed E-state index contributed by atoms with van der Waals surface area (Å²) < 4.78 is 16.1. The molecule has 1 heterocycles. The zero-order valence-electron chi connectivity index (χ0n) is 18.0. The first-order valence-electron chi connectivity index (χ1n) is 11.6. The van der Waals surface area contributed by atoms with Gasteiger partial charge in [-0.25, -0.2) is 4.79 Å². The summed E-state index contributed by atoms with van der Waals surface area (Å²) in [5.41, 5.74) is 4.33. The van der Waals surface area contributed by atoms with Gasteiger partial charge in [-0.2, -0.15) is 0 Å². The van der Waals surface area contributed by atoms with Gasteiger partial charge in [0.2, 0.25) is 6.79 Å². The van der Waals surface area contributed by atoms with Gasteiger partial charge < -0.3 is 19.5 Å². The second-order valence-electron chi connectivity index (χ2n) is 9.08. The summed E-state index contributed by atoms with van der Waals surface area (Å²) in [6.07, 6.45) is 7.53. The van der Waals surface area contributed by atoms with E-state index in [1.54, 1.807) is 0 Å². The number of carbonyl (C=O) groups excluding carboxylic acids is 1. The Morgan fingerprint density at radius 3 is 2.87 bits per heavy atom. The molecule has 5 heteroatoms. The van der Waals surface area contributed by atoms with Gasteiger partial charge in [0.15, 0.2) is 0 Å². The van der Waals surface area contributed by atoms with Gasteiger partial charge in [-0.15, -0.1) is 0 Å². The van der Waals surface area contributed by atoms with Gasteiger partial charge in [-0.1, -0.05) is 49.2 Å². The fraction of sp³-hybridized carbons (Fsp3) is 0.500. The SMILES string of the molecule is O=C(OCCc1ccccc1)OCOc1ccc2c(c1)[C@]13CCCC[C@@H]1[C@H](C2)NCC3. The monoisotopic (exact) mass is 421 g/mol. The van der Waals surface area contributed by atoms with E-state index in [-0.39, 0.29) is 6.79 Å². The molecule has 2 bridgehead atoms. The van der Waals surface area contributed by atoms with Crippen molar-refractivity contribution in [3.8, 4) is 5.75 Å². The smallest absolute Gasteiger partial charge is 0.457 e. The van der Waals surface area contributed by atoms with Crippen molar-refractivity contribution in [2.75, 3.05) is 19.9 Å². The van der Waals surface area contributed by atoms with E-state index in [1.165, 1.54) is 43.2 Å². The minimum Gasteiger partial charge on any atom is -0.457 e. The minimum absolute atomic E-state index is 0.135. The summed E-state index contributed by atoms with van der Waals surface area (Å²) in [5, 5.41) is 3.77. The molecule has 164 valence electrons. The highest BCUT2D eigenvalue weighted by Crippen LogP contribution is 2.54. The number of nitrogens with one attached hydrogen (secondary N) is 1. The van der Waals surface area contributed by atoms with Crippen LogP contribution in [0.1, 0.15) is 48.8 Å². The lowest BCUT2D eigenvalue weighted by molar-refractivity contribution is 0.00490. The molecular formula is C26H31NO4. The van der Waals surface area contributed by atoms with Gasteiger partial charge in [-0.3, -0.25) is 0 Å². The number of rotatable bonds is 6. The molecule has 0 radical (unpaired) electrons. The van der Waals surface area contributed by atoms with E-state index in [4.69, 9.17) is 14.2 Å². The fourth-order valence-electron chi connectivity index (χ4n) is 6.08. The number of ether oxygens (including phenoxy) is 3. The molecule has 0 unspecified atom stereocenters. The second kappa shape index (κ2) is 8.91. The molecule has 5 nitrogen and oxygen atoms in total. The van der Waals surface area contributed by atoms with Gasteiger partial charge in [0.1, 0.15) is 5.75 Å². The maximum Gasteiger partial charge on any atom is 0.511 e. The highest BCUT2D eigenvalue weighted by atomic mass is 16.8. The summed E-state index contributed by atoms with van der Waals surface area (Å²) in [5.74, 6) is 1.50. The zero-order chi connectivity index (χ0) is 21.1. The summed E-state index contributed by atoms with van der Waals surface area (Å²) in [6.45, 7) is 1.26. The molecule has 3 atom stereocenters. The van der Waals surface area contributed by atoms with Crippen molar-refractivity contribution in [1.29, 1.82) is 0 Å². The summed E-state index contributed by atoms with van der Waals surface area (Å²) in [7, 11) is 0. The first-order chi connectivity index (χ1) is 15.2. The number of benzene rings is 2. The van der Waals surface area contributed by atoms with Crippen LogP contribution in [-0.2, 0) is 27.7 Å². The van der Waals surface area contributed by atoms with Crippen LogP contribution in [0.15, 0.2) is 48.5 Å². The van der Waals surface area contributed by atoms with Crippen molar-refractivity contribution >= 4 is 6.16 Å². The van der Waals surface area contributed by atoms with Crippen molar-refractivity contribution in [3.63, 3.8) is 0 Å². The molecule has 2 aromatic carbocycles. The molecule has 31 heavy (non-hydrogen) atoms. The summed E-state index contributed by atoms with van der Waals surface area (Å²) in [6, 6.07) is 16.9. The van der Waals surface area contributed by atoms with E-state index >= 15 is 0 Å². The van der Waals surface area contributed by atoms with Crippen LogP contribution in [0.2, 0.25) is 0 Å². The van der Waals surface area contributed by atoms with Crippen LogP contribution in [-0.4, -0.2) is 32.1 Å². The molecule has 0 aromatic heterocycles. The van der Waals surface area contributed by atoms with E-state index in [2.05, 4.69) is 17.4 Å². The van der Waals surface area contributed by atoms with Crippen molar-refractivity contribution in [3.05, 3.63) is 65.2 Å². The Kier molecular flexibility index (Phi) is 5.86. The Hall–Kier alpha value is -2.53. The van der Waals surface area contributed by atoms with Crippen LogP contribution < -0.4 is 10.1 Å². The van der Waals surface area contributed by atoms with Crippen molar-refractivity contribution in [1.82, 2.24) is 5.32 Å². The third-order valence-corrected chi connectivity index (χ3v) is 7.47. The third kappa shape index (κ3) is 4.16. The number of piperidine rings is 1. The predicted molar refractivity (Wildman–Crippen MR) is 118 cm³/mol. The standard InChI is InChI=1S/C26H31NO4/c28-25(29-15-11-19-6-2-1-3-7-19)31-18-30-21-10-9-20-16-24-22-8-4-5-12-26(22,13-14-27-24)23(20)17-21/h1-3,6-7,9-10,17,22,24,27H,4-5,8,11-16,18H2/t22-,24+,26+/m1/s1. The largest absolute Gasteiger partial charge is 0.511 e. The van der Waals surface area contributed by atoms with Crippen molar-refractivity contribution in [2.45, 2.75) is 56.4 Å². The van der Waals surface area contributed by atoms with Crippen LogP contribution in [0.5, 0.6) is 5.75 Å². The fourth-order valence-corrected chi connectivity index (χ4v) is 6.08.